The Morgan fingerprint density at radius 3 is 2.75 bits per heavy atom. The molecule has 0 spiro atoms. The third kappa shape index (κ3) is 2.58. The Balaban J connectivity index is 2.10. The number of hydrogen-bond donors (Lipinski definition) is 1. The maximum Gasteiger partial charge on any atom is 0.0898 e. The smallest absolute Gasteiger partial charge is 0.0898 e. The number of thiazole rings is 1. The molecule has 0 saturated heterocycles. The van der Waals surface area contributed by atoms with Gasteiger partial charge in [-0.2, -0.15) is 0 Å². The van der Waals surface area contributed by atoms with Crippen molar-refractivity contribution in [3.8, 4) is 0 Å². The molecular weight excluding hydrogens is 218 g/mol. The molecule has 2 rings (SSSR count). The van der Waals surface area contributed by atoms with Gasteiger partial charge in [0.25, 0.3) is 0 Å². The zero-order valence-corrected chi connectivity index (χ0v) is 10.5. The second kappa shape index (κ2) is 4.61. The monoisotopic (exact) mass is 233 g/mol. The predicted octanol–water partition coefficient (Wildman–Crippen LogP) is 3.33. The van der Waals surface area contributed by atoms with Crippen LogP contribution in [0.15, 0.2) is 23.8 Å². The summed E-state index contributed by atoms with van der Waals surface area (Å²) in [4.78, 5) is 8.62. The van der Waals surface area contributed by atoms with Gasteiger partial charge in [-0.05, 0) is 32.4 Å². The van der Waals surface area contributed by atoms with Crippen LogP contribution < -0.4 is 5.32 Å². The van der Waals surface area contributed by atoms with Crippen LogP contribution in [0.4, 0.5) is 5.69 Å². The highest BCUT2D eigenvalue weighted by atomic mass is 32.1. The number of aryl methyl sites for hydroxylation is 2. The van der Waals surface area contributed by atoms with E-state index in [0.717, 1.165) is 22.0 Å². The van der Waals surface area contributed by atoms with E-state index in [0.29, 0.717) is 0 Å². The van der Waals surface area contributed by atoms with Crippen molar-refractivity contribution in [3.05, 3.63) is 40.1 Å². The fourth-order valence-electron chi connectivity index (χ4n) is 1.54. The lowest BCUT2D eigenvalue weighted by Crippen LogP contribution is -2.07. The number of anilines is 1. The zero-order valence-electron chi connectivity index (χ0n) is 9.69. The minimum absolute atomic E-state index is 0.216. The SMILES string of the molecule is Cc1cncc(NC(C)c2csc(C)n2)c1. The molecule has 1 atom stereocenters. The van der Waals surface area contributed by atoms with E-state index in [9.17, 15) is 0 Å². The van der Waals surface area contributed by atoms with Crippen LogP contribution in [0.25, 0.3) is 0 Å². The summed E-state index contributed by atoms with van der Waals surface area (Å²) in [5, 5.41) is 6.59. The molecule has 0 bridgehead atoms. The quantitative estimate of drug-likeness (QED) is 0.883. The van der Waals surface area contributed by atoms with E-state index >= 15 is 0 Å². The molecule has 0 aliphatic rings. The minimum Gasteiger partial charge on any atom is -0.376 e. The molecule has 0 aromatic carbocycles. The van der Waals surface area contributed by atoms with E-state index in [-0.39, 0.29) is 6.04 Å². The van der Waals surface area contributed by atoms with E-state index in [1.165, 1.54) is 0 Å². The molecule has 84 valence electrons. The highest BCUT2D eigenvalue weighted by Crippen LogP contribution is 2.20. The Labute approximate surface area is 99.6 Å². The molecule has 0 aliphatic carbocycles. The number of hydrogen-bond acceptors (Lipinski definition) is 4. The molecule has 3 nitrogen and oxygen atoms in total. The van der Waals surface area contributed by atoms with Crippen LogP contribution in [-0.4, -0.2) is 9.97 Å². The first-order valence-corrected chi connectivity index (χ1v) is 6.13. The summed E-state index contributed by atoms with van der Waals surface area (Å²) in [6, 6.07) is 2.30. The maximum atomic E-state index is 4.46. The Morgan fingerprint density at radius 2 is 2.12 bits per heavy atom. The van der Waals surface area contributed by atoms with Gasteiger partial charge in [-0.15, -0.1) is 11.3 Å². The van der Waals surface area contributed by atoms with Gasteiger partial charge in [0.1, 0.15) is 0 Å². The topological polar surface area (TPSA) is 37.8 Å². The van der Waals surface area contributed by atoms with E-state index in [2.05, 4.69) is 33.7 Å². The second-order valence-electron chi connectivity index (χ2n) is 3.91. The largest absolute Gasteiger partial charge is 0.376 e. The van der Waals surface area contributed by atoms with E-state index in [1.54, 1.807) is 11.3 Å². The van der Waals surface area contributed by atoms with Gasteiger partial charge in [-0.3, -0.25) is 4.98 Å². The van der Waals surface area contributed by atoms with Crippen molar-refractivity contribution in [2.75, 3.05) is 5.32 Å². The third-order valence-electron chi connectivity index (χ3n) is 2.34. The van der Waals surface area contributed by atoms with Crippen LogP contribution in [0.1, 0.15) is 29.2 Å². The maximum absolute atomic E-state index is 4.46. The molecule has 0 amide bonds. The van der Waals surface area contributed by atoms with Crippen molar-refractivity contribution < 1.29 is 0 Å². The Kier molecular flexibility index (Phi) is 3.19. The van der Waals surface area contributed by atoms with Crippen molar-refractivity contribution in [3.63, 3.8) is 0 Å². The molecule has 1 unspecified atom stereocenters. The molecule has 0 radical (unpaired) electrons. The van der Waals surface area contributed by atoms with Crippen molar-refractivity contribution in [2.45, 2.75) is 26.8 Å². The van der Waals surface area contributed by atoms with E-state index in [1.807, 2.05) is 26.2 Å². The lowest BCUT2D eigenvalue weighted by molar-refractivity contribution is 0.843. The summed E-state index contributed by atoms with van der Waals surface area (Å²) >= 11 is 1.68. The van der Waals surface area contributed by atoms with E-state index in [4.69, 9.17) is 0 Å². The first-order chi connectivity index (χ1) is 7.65. The molecule has 0 saturated carbocycles. The molecule has 0 aliphatic heterocycles. The number of aromatic nitrogens is 2. The molecule has 2 aromatic rings. The van der Waals surface area contributed by atoms with Crippen LogP contribution >= 0.6 is 11.3 Å². The fraction of sp³-hybridized carbons (Fsp3) is 0.333. The van der Waals surface area contributed by atoms with Gasteiger partial charge in [0, 0.05) is 17.8 Å². The molecule has 0 fully saturated rings. The zero-order chi connectivity index (χ0) is 11.5. The van der Waals surface area contributed by atoms with Crippen LogP contribution in [0.3, 0.4) is 0 Å². The third-order valence-corrected chi connectivity index (χ3v) is 3.13. The molecule has 16 heavy (non-hydrogen) atoms. The highest BCUT2D eigenvalue weighted by Gasteiger charge is 2.08. The van der Waals surface area contributed by atoms with Crippen LogP contribution in [0.5, 0.6) is 0 Å². The second-order valence-corrected chi connectivity index (χ2v) is 4.97. The Bertz CT molecular complexity index is 479. The number of rotatable bonds is 3. The van der Waals surface area contributed by atoms with Crippen molar-refractivity contribution >= 4 is 17.0 Å². The molecule has 4 heteroatoms. The average molecular weight is 233 g/mol. The van der Waals surface area contributed by atoms with Gasteiger partial charge in [0.15, 0.2) is 0 Å². The van der Waals surface area contributed by atoms with Gasteiger partial charge in [0.2, 0.25) is 0 Å². The highest BCUT2D eigenvalue weighted by molar-refractivity contribution is 7.09. The standard InChI is InChI=1S/C12H15N3S/c1-8-4-11(6-13-5-8)14-9(2)12-7-16-10(3)15-12/h4-7,9,14H,1-3H3. The average Bonchev–Trinajstić information content (AvgIpc) is 2.65. The van der Waals surface area contributed by atoms with Gasteiger partial charge in [0.05, 0.1) is 22.4 Å². The molecule has 2 heterocycles. The molecule has 1 N–H and O–H groups in total. The predicted molar refractivity (Wildman–Crippen MR) is 67.9 cm³/mol. The molecular formula is C12H15N3S. The van der Waals surface area contributed by atoms with Crippen LogP contribution in [0.2, 0.25) is 0 Å². The lowest BCUT2D eigenvalue weighted by atomic mass is 10.2. The summed E-state index contributed by atoms with van der Waals surface area (Å²) in [5.41, 5.74) is 3.29. The summed E-state index contributed by atoms with van der Waals surface area (Å²) in [6.07, 6.45) is 3.69. The fourth-order valence-corrected chi connectivity index (χ4v) is 2.24. The first-order valence-electron chi connectivity index (χ1n) is 5.25. The van der Waals surface area contributed by atoms with Gasteiger partial charge in [-0.25, -0.2) is 4.98 Å². The summed E-state index contributed by atoms with van der Waals surface area (Å²) in [5.74, 6) is 0. The molecule has 2 aromatic heterocycles. The number of nitrogens with zero attached hydrogens (tertiary/aromatic N) is 2. The van der Waals surface area contributed by atoms with Gasteiger partial charge in [-0.1, -0.05) is 0 Å². The van der Waals surface area contributed by atoms with Gasteiger partial charge < -0.3 is 5.32 Å². The Morgan fingerprint density at radius 1 is 1.31 bits per heavy atom. The Hall–Kier alpha value is -1.42. The van der Waals surface area contributed by atoms with Crippen molar-refractivity contribution in [1.82, 2.24) is 9.97 Å². The lowest BCUT2D eigenvalue weighted by Gasteiger charge is -2.12. The summed E-state index contributed by atoms with van der Waals surface area (Å²) in [6.45, 7) is 6.17. The van der Waals surface area contributed by atoms with Gasteiger partial charge >= 0.3 is 0 Å². The van der Waals surface area contributed by atoms with Crippen LogP contribution in [0, 0.1) is 13.8 Å². The number of pyridine rings is 1. The van der Waals surface area contributed by atoms with Crippen LogP contribution in [-0.2, 0) is 0 Å². The number of nitrogens with one attached hydrogen (secondary N) is 1. The minimum atomic E-state index is 0.216. The van der Waals surface area contributed by atoms with Crippen molar-refractivity contribution in [1.29, 1.82) is 0 Å². The normalized spacial score (nSPS) is 12.4. The van der Waals surface area contributed by atoms with Crippen molar-refractivity contribution in [2.24, 2.45) is 0 Å². The summed E-state index contributed by atoms with van der Waals surface area (Å²) in [7, 11) is 0. The van der Waals surface area contributed by atoms with E-state index < -0.39 is 0 Å². The summed E-state index contributed by atoms with van der Waals surface area (Å²) < 4.78 is 0. The first kappa shape index (κ1) is 11.1.